The van der Waals surface area contributed by atoms with Crippen molar-refractivity contribution >= 4 is 51.9 Å². The van der Waals surface area contributed by atoms with Gasteiger partial charge in [-0.1, -0.05) is 29.3 Å². The molecule has 0 saturated heterocycles. The van der Waals surface area contributed by atoms with Crippen LogP contribution in [-0.4, -0.2) is 9.97 Å². The molecule has 3 aromatic rings. The fourth-order valence-corrected chi connectivity index (χ4v) is 2.38. The van der Waals surface area contributed by atoms with E-state index in [0.717, 1.165) is 16.9 Å². The Morgan fingerprint density at radius 2 is 1.46 bits per heavy atom. The molecule has 0 aliphatic heterocycles. The van der Waals surface area contributed by atoms with Crippen molar-refractivity contribution < 1.29 is 0 Å². The number of rotatable bonds is 4. The van der Waals surface area contributed by atoms with Gasteiger partial charge in [-0.15, -0.1) is 0 Å². The van der Waals surface area contributed by atoms with Gasteiger partial charge in [-0.2, -0.15) is 0 Å². The Hall–Kier alpha value is -2.50. The van der Waals surface area contributed by atoms with E-state index in [-0.39, 0.29) is 0 Å². The predicted octanol–water partition coefficient (Wildman–Crippen LogP) is 5.16. The minimum atomic E-state index is 0.407. The summed E-state index contributed by atoms with van der Waals surface area (Å²) in [5.41, 5.74) is 9.20. The first-order chi connectivity index (χ1) is 11.5. The highest BCUT2D eigenvalue weighted by Crippen LogP contribution is 2.29. The predicted molar refractivity (Wildman–Crippen MR) is 101 cm³/mol. The number of anilines is 5. The molecule has 4 N–H and O–H groups in total. The van der Waals surface area contributed by atoms with E-state index in [1.807, 2.05) is 37.3 Å². The Labute approximate surface area is 149 Å². The third kappa shape index (κ3) is 3.69. The minimum absolute atomic E-state index is 0.407. The van der Waals surface area contributed by atoms with Crippen molar-refractivity contribution in [3.05, 3.63) is 64.4 Å². The summed E-state index contributed by atoms with van der Waals surface area (Å²) in [6.07, 6.45) is 1.44. The van der Waals surface area contributed by atoms with Crippen molar-refractivity contribution in [2.45, 2.75) is 6.92 Å². The van der Waals surface area contributed by atoms with Gasteiger partial charge >= 0.3 is 0 Å². The maximum absolute atomic E-state index is 6.17. The number of nitrogens with two attached hydrogens (primary N) is 1. The summed E-state index contributed by atoms with van der Waals surface area (Å²) in [5, 5.41) is 7.63. The van der Waals surface area contributed by atoms with Crippen LogP contribution in [0.25, 0.3) is 0 Å². The third-order valence-electron chi connectivity index (χ3n) is 3.43. The number of aryl methyl sites for hydroxylation is 1. The van der Waals surface area contributed by atoms with E-state index in [2.05, 4.69) is 20.6 Å². The quantitative estimate of drug-likeness (QED) is 0.599. The van der Waals surface area contributed by atoms with Gasteiger partial charge in [0, 0.05) is 21.4 Å². The van der Waals surface area contributed by atoms with Crippen molar-refractivity contribution in [1.29, 1.82) is 0 Å². The molecule has 0 aliphatic rings. The molecule has 0 saturated carbocycles. The van der Waals surface area contributed by atoms with Gasteiger partial charge in [0.1, 0.15) is 12.0 Å². The molecule has 0 aliphatic carbocycles. The molecule has 0 unspecified atom stereocenters. The standard InChI is InChI=1S/C17H15Cl2N5/c1-10-2-5-13(8-14(10)19)24-17-15(20)16(21-9-22-17)23-12-6-3-11(18)4-7-12/h2-9H,20H2,1H3,(H2,21,22,23,24). The summed E-state index contributed by atoms with van der Waals surface area (Å²) in [6, 6.07) is 12.9. The first-order valence-electron chi connectivity index (χ1n) is 7.19. The number of nitrogens with zero attached hydrogens (tertiary/aromatic N) is 2. The Balaban J connectivity index is 1.84. The number of hydrogen-bond donors (Lipinski definition) is 3. The highest BCUT2D eigenvalue weighted by Gasteiger charge is 2.09. The number of halogens is 2. The van der Waals surface area contributed by atoms with Crippen molar-refractivity contribution in [1.82, 2.24) is 9.97 Å². The number of nitrogens with one attached hydrogen (secondary N) is 2. The maximum Gasteiger partial charge on any atom is 0.159 e. The lowest BCUT2D eigenvalue weighted by molar-refractivity contribution is 1.17. The second-order valence-corrected chi connectivity index (χ2v) is 6.05. The molecule has 0 amide bonds. The second kappa shape index (κ2) is 6.95. The second-order valence-electron chi connectivity index (χ2n) is 5.21. The zero-order valence-corrected chi connectivity index (χ0v) is 14.4. The molecule has 0 radical (unpaired) electrons. The van der Waals surface area contributed by atoms with E-state index in [9.17, 15) is 0 Å². The smallest absolute Gasteiger partial charge is 0.159 e. The lowest BCUT2D eigenvalue weighted by atomic mass is 10.2. The van der Waals surface area contributed by atoms with Crippen molar-refractivity contribution in [2.24, 2.45) is 0 Å². The first kappa shape index (κ1) is 16.4. The lowest BCUT2D eigenvalue weighted by Gasteiger charge is -2.13. The van der Waals surface area contributed by atoms with Crippen molar-refractivity contribution in [3.8, 4) is 0 Å². The van der Waals surface area contributed by atoms with E-state index >= 15 is 0 Å². The van der Waals surface area contributed by atoms with Gasteiger partial charge in [0.2, 0.25) is 0 Å². The van der Waals surface area contributed by atoms with Crippen LogP contribution < -0.4 is 16.4 Å². The van der Waals surface area contributed by atoms with E-state index in [0.29, 0.717) is 27.4 Å². The molecule has 3 rings (SSSR count). The molecule has 0 fully saturated rings. The Morgan fingerprint density at radius 3 is 2.08 bits per heavy atom. The zero-order valence-electron chi connectivity index (χ0n) is 12.8. The van der Waals surface area contributed by atoms with Crippen LogP contribution in [0.15, 0.2) is 48.8 Å². The topological polar surface area (TPSA) is 75.9 Å². The van der Waals surface area contributed by atoms with Crippen LogP contribution in [0.4, 0.5) is 28.7 Å². The SMILES string of the molecule is Cc1ccc(Nc2ncnc(Nc3ccc(Cl)cc3)c2N)cc1Cl. The van der Waals surface area contributed by atoms with Gasteiger partial charge in [-0.05, 0) is 48.9 Å². The number of nitrogen functional groups attached to an aromatic ring is 1. The van der Waals surface area contributed by atoms with Crippen LogP contribution >= 0.6 is 23.2 Å². The van der Waals surface area contributed by atoms with Gasteiger partial charge in [0.15, 0.2) is 11.6 Å². The summed E-state index contributed by atoms with van der Waals surface area (Å²) in [4.78, 5) is 8.37. The molecular weight excluding hydrogens is 345 g/mol. The summed E-state index contributed by atoms with van der Waals surface area (Å²) in [5.74, 6) is 1.01. The van der Waals surface area contributed by atoms with Gasteiger partial charge in [0.05, 0.1) is 0 Å². The van der Waals surface area contributed by atoms with Crippen LogP contribution in [0.3, 0.4) is 0 Å². The molecule has 122 valence electrons. The van der Waals surface area contributed by atoms with Gasteiger partial charge < -0.3 is 16.4 Å². The van der Waals surface area contributed by atoms with E-state index in [4.69, 9.17) is 28.9 Å². The van der Waals surface area contributed by atoms with Crippen LogP contribution in [0.2, 0.25) is 10.0 Å². The minimum Gasteiger partial charge on any atom is -0.393 e. The molecule has 5 nitrogen and oxygen atoms in total. The van der Waals surface area contributed by atoms with Crippen molar-refractivity contribution in [3.63, 3.8) is 0 Å². The highest BCUT2D eigenvalue weighted by atomic mass is 35.5. The highest BCUT2D eigenvalue weighted by molar-refractivity contribution is 6.31. The van der Waals surface area contributed by atoms with Gasteiger partial charge in [0.25, 0.3) is 0 Å². The largest absolute Gasteiger partial charge is 0.393 e. The lowest BCUT2D eigenvalue weighted by Crippen LogP contribution is -2.05. The summed E-state index contributed by atoms with van der Waals surface area (Å²) >= 11 is 12.0. The number of hydrogen-bond acceptors (Lipinski definition) is 5. The van der Waals surface area contributed by atoms with Crippen LogP contribution in [0.1, 0.15) is 5.56 Å². The van der Waals surface area contributed by atoms with E-state index in [1.54, 1.807) is 12.1 Å². The first-order valence-corrected chi connectivity index (χ1v) is 7.95. The fourth-order valence-electron chi connectivity index (χ4n) is 2.07. The Morgan fingerprint density at radius 1 is 0.875 bits per heavy atom. The molecule has 0 atom stereocenters. The zero-order chi connectivity index (χ0) is 17.1. The molecule has 0 bridgehead atoms. The molecular formula is C17H15Cl2N5. The van der Waals surface area contributed by atoms with Crippen LogP contribution in [-0.2, 0) is 0 Å². The summed E-state index contributed by atoms with van der Waals surface area (Å²) in [6.45, 7) is 1.94. The molecule has 1 aromatic heterocycles. The number of aromatic nitrogens is 2. The van der Waals surface area contributed by atoms with Crippen LogP contribution in [0, 0.1) is 6.92 Å². The summed E-state index contributed by atoms with van der Waals surface area (Å²) < 4.78 is 0. The molecule has 24 heavy (non-hydrogen) atoms. The maximum atomic E-state index is 6.17. The van der Waals surface area contributed by atoms with Gasteiger partial charge in [-0.25, -0.2) is 9.97 Å². The third-order valence-corrected chi connectivity index (χ3v) is 4.08. The van der Waals surface area contributed by atoms with E-state index < -0.39 is 0 Å². The Bertz CT molecular complexity index is 865. The molecule has 1 heterocycles. The molecule has 0 spiro atoms. The Kier molecular flexibility index (Phi) is 4.74. The molecule has 7 heteroatoms. The monoisotopic (exact) mass is 359 g/mol. The average Bonchev–Trinajstić information content (AvgIpc) is 2.57. The number of benzene rings is 2. The van der Waals surface area contributed by atoms with Crippen molar-refractivity contribution in [2.75, 3.05) is 16.4 Å². The average molecular weight is 360 g/mol. The normalized spacial score (nSPS) is 10.5. The molecule has 2 aromatic carbocycles. The summed E-state index contributed by atoms with van der Waals surface area (Å²) in [7, 11) is 0. The van der Waals surface area contributed by atoms with Gasteiger partial charge in [-0.3, -0.25) is 0 Å². The fraction of sp³-hybridized carbons (Fsp3) is 0.0588. The van der Waals surface area contributed by atoms with E-state index in [1.165, 1.54) is 6.33 Å². The van der Waals surface area contributed by atoms with Crippen LogP contribution in [0.5, 0.6) is 0 Å².